The van der Waals surface area contributed by atoms with Crippen molar-refractivity contribution >= 4 is 23.4 Å². The minimum absolute atomic E-state index is 0. The van der Waals surface area contributed by atoms with Crippen LogP contribution >= 0.6 is 12.4 Å². The molecule has 1 unspecified atom stereocenters. The van der Waals surface area contributed by atoms with Gasteiger partial charge in [0.15, 0.2) is 0 Å². The number of hydrogen-bond donors (Lipinski definition) is 1. The van der Waals surface area contributed by atoms with Crippen LogP contribution in [0.1, 0.15) is 18.6 Å². The second kappa shape index (κ2) is 5.59. The standard InChI is InChI=1S/C16H19FN2O.ClH/c17-13-1-2-15-12(7-13)8-14(20-15)9-19-6-4-16(11-19)3-5-18-10-16;/h1-2,7-8,18H,3-6,9-11H2;1H. The Bertz CT molecular complexity index is 636. The minimum Gasteiger partial charge on any atom is -0.460 e. The highest BCUT2D eigenvalue weighted by Gasteiger charge is 2.40. The minimum atomic E-state index is -0.206. The molecule has 2 saturated heterocycles. The van der Waals surface area contributed by atoms with E-state index in [1.54, 1.807) is 6.07 Å². The fourth-order valence-electron chi connectivity index (χ4n) is 3.67. The number of benzene rings is 1. The Morgan fingerprint density at radius 1 is 1.29 bits per heavy atom. The molecule has 0 aliphatic carbocycles. The van der Waals surface area contributed by atoms with Crippen LogP contribution in [0, 0.1) is 11.2 Å². The van der Waals surface area contributed by atoms with Crippen LogP contribution in [0.5, 0.6) is 0 Å². The molecule has 1 atom stereocenters. The maximum Gasteiger partial charge on any atom is 0.134 e. The first kappa shape index (κ1) is 14.8. The Labute approximate surface area is 129 Å². The summed E-state index contributed by atoms with van der Waals surface area (Å²) in [7, 11) is 0. The zero-order valence-electron chi connectivity index (χ0n) is 11.9. The van der Waals surface area contributed by atoms with Crippen molar-refractivity contribution in [3.8, 4) is 0 Å². The molecule has 2 fully saturated rings. The molecule has 5 heteroatoms. The molecule has 2 aliphatic heterocycles. The maximum atomic E-state index is 13.2. The van der Waals surface area contributed by atoms with Gasteiger partial charge in [0.1, 0.15) is 17.2 Å². The van der Waals surface area contributed by atoms with Gasteiger partial charge in [-0.05, 0) is 55.6 Å². The molecule has 1 aromatic heterocycles. The van der Waals surface area contributed by atoms with Crippen molar-refractivity contribution in [1.82, 2.24) is 10.2 Å². The fraction of sp³-hybridized carbons (Fsp3) is 0.500. The maximum absolute atomic E-state index is 13.2. The van der Waals surface area contributed by atoms with Crippen LogP contribution in [0.2, 0.25) is 0 Å². The molecule has 0 radical (unpaired) electrons. The summed E-state index contributed by atoms with van der Waals surface area (Å²) in [5.41, 5.74) is 1.26. The predicted molar refractivity (Wildman–Crippen MR) is 83.2 cm³/mol. The number of furan rings is 1. The lowest BCUT2D eigenvalue weighted by atomic mass is 9.87. The Kier molecular flexibility index (Phi) is 3.95. The number of rotatable bonds is 2. The van der Waals surface area contributed by atoms with Crippen LogP contribution in [0.25, 0.3) is 11.0 Å². The predicted octanol–water partition coefficient (Wildman–Crippen LogP) is 3.18. The topological polar surface area (TPSA) is 28.4 Å². The number of nitrogens with zero attached hydrogens (tertiary/aromatic N) is 1. The third-order valence-corrected chi connectivity index (χ3v) is 4.76. The van der Waals surface area contributed by atoms with E-state index in [4.69, 9.17) is 4.42 Å². The molecule has 114 valence electrons. The molecular weight excluding hydrogens is 291 g/mol. The first-order valence-electron chi connectivity index (χ1n) is 7.34. The Morgan fingerprint density at radius 3 is 3.00 bits per heavy atom. The number of likely N-dealkylation sites (tertiary alicyclic amines) is 1. The molecule has 1 spiro atoms. The van der Waals surface area contributed by atoms with E-state index >= 15 is 0 Å². The summed E-state index contributed by atoms with van der Waals surface area (Å²) in [6.45, 7) is 5.41. The van der Waals surface area contributed by atoms with Gasteiger partial charge in [0.05, 0.1) is 6.54 Å². The summed E-state index contributed by atoms with van der Waals surface area (Å²) in [6, 6.07) is 6.66. The molecule has 3 heterocycles. The molecule has 1 N–H and O–H groups in total. The van der Waals surface area contributed by atoms with Crippen molar-refractivity contribution in [2.75, 3.05) is 26.2 Å². The highest BCUT2D eigenvalue weighted by molar-refractivity contribution is 5.85. The van der Waals surface area contributed by atoms with E-state index in [1.165, 1.54) is 25.0 Å². The summed E-state index contributed by atoms with van der Waals surface area (Å²) in [5.74, 6) is 0.732. The largest absolute Gasteiger partial charge is 0.460 e. The highest BCUT2D eigenvalue weighted by Crippen LogP contribution is 2.36. The van der Waals surface area contributed by atoms with Crippen LogP contribution in [-0.4, -0.2) is 31.1 Å². The van der Waals surface area contributed by atoms with Crippen molar-refractivity contribution in [2.24, 2.45) is 5.41 Å². The van der Waals surface area contributed by atoms with Gasteiger partial charge < -0.3 is 9.73 Å². The van der Waals surface area contributed by atoms with Gasteiger partial charge in [0.2, 0.25) is 0 Å². The number of halogens is 2. The molecule has 0 amide bonds. The van der Waals surface area contributed by atoms with Crippen LogP contribution in [-0.2, 0) is 6.54 Å². The molecule has 0 bridgehead atoms. The second-order valence-corrected chi connectivity index (χ2v) is 6.28. The van der Waals surface area contributed by atoms with Crippen LogP contribution < -0.4 is 5.32 Å². The van der Waals surface area contributed by atoms with Crippen molar-refractivity contribution in [3.05, 3.63) is 35.8 Å². The van der Waals surface area contributed by atoms with Crippen LogP contribution in [0.15, 0.2) is 28.7 Å². The average Bonchev–Trinajstić information content (AvgIpc) is 3.12. The lowest BCUT2D eigenvalue weighted by Crippen LogP contribution is -2.28. The molecule has 3 nitrogen and oxygen atoms in total. The van der Waals surface area contributed by atoms with Gasteiger partial charge in [-0.25, -0.2) is 4.39 Å². The van der Waals surface area contributed by atoms with E-state index in [1.807, 2.05) is 6.07 Å². The van der Waals surface area contributed by atoms with E-state index < -0.39 is 0 Å². The summed E-state index contributed by atoms with van der Waals surface area (Å²) >= 11 is 0. The molecule has 4 rings (SSSR count). The molecular formula is C16H20ClFN2O. The normalized spacial score (nSPS) is 25.8. The monoisotopic (exact) mass is 310 g/mol. The fourth-order valence-corrected chi connectivity index (χ4v) is 3.67. The zero-order chi connectivity index (χ0) is 13.6. The SMILES string of the molecule is Cl.Fc1ccc2oc(CN3CCC4(CCNC4)C3)cc2c1. The van der Waals surface area contributed by atoms with Gasteiger partial charge in [-0.2, -0.15) is 0 Å². The van der Waals surface area contributed by atoms with Gasteiger partial charge in [-0.15, -0.1) is 12.4 Å². The van der Waals surface area contributed by atoms with E-state index in [0.717, 1.165) is 49.5 Å². The Hall–Kier alpha value is -1.10. The zero-order valence-corrected chi connectivity index (χ0v) is 12.7. The molecule has 21 heavy (non-hydrogen) atoms. The van der Waals surface area contributed by atoms with E-state index in [0.29, 0.717) is 5.41 Å². The highest BCUT2D eigenvalue weighted by atomic mass is 35.5. The lowest BCUT2D eigenvalue weighted by Gasteiger charge is -2.22. The van der Waals surface area contributed by atoms with Gasteiger partial charge >= 0.3 is 0 Å². The number of hydrogen-bond acceptors (Lipinski definition) is 3. The van der Waals surface area contributed by atoms with E-state index in [2.05, 4.69) is 10.2 Å². The van der Waals surface area contributed by atoms with Crippen molar-refractivity contribution < 1.29 is 8.81 Å². The molecule has 1 aromatic carbocycles. The first-order valence-corrected chi connectivity index (χ1v) is 7.34. The van der Waals surface area contributed by atoms with Crippen molar-refractivity contribution in [2.45, 2.75) is 19.4 Å². The Balaban J connectivity index is 0.00000132. The lowest BCUT2D eigenvalue weighted by molar-refractivity contribution is 0.253. The number of nitrogens with one attached hydrogen (secondary N) is 1. The first-order chi connectivity index (χ1) is 9.72. The van der Waals surface area contributed by atoms with E-state index in [9.17, 15) is 4.39 Å². The van der Waals surface area contributed by atoms with Crippen LogP contribution in [0.4, 0.5) is 4.39 Å². The van der Waals surface area contributed by atoms with Gasteiger partial charge in [0.25, 0.3) is 0 Å². The molecule has 2 aliphatic rings. The van der Waals surface area contributed by atoms with Crippen LogP contribution in [0.3, 0.4) is 0 Å². The third kappa shape index (κ3) is 2.80. The average molecular weight is 311 g/mol. The number of fused-ring (bicyclic) bond motifs is 1. The van der Waals surface area contributed by atoms with Crippen molar-refractivity contribution in [1.29, 1.82) is 0 Å². The van der Waals surface area contributed by atoms with Crippen molar-refractivity contribution in [3.63, 3.8) is 0 Å². The van der Waals surface area contributed by atoms with Gasteiger partial charge in [0, 0.05) is 18.5 Å². The summed E-state index contributed by atoms with van der Waals surface area (Å²) in [4.78, 5) is 2.46. The van der Waals surface area contributed by atoms with E-state index in [-0.39, 0.29) is 18.2 Å². The summed E-state index contributed by atoms with van der Waals surface area (Å²) in [5, 5.41) is 4.33. The van der Waals surface area contributed by atoms with Gasteiger partial charge in [-0.1, -0.05) is 0 Å². The summed E-state index contributed by atoms with van der Waals surface area (Å²) < 4.78 is 19.0. The molecule has 2 aromatic rings. The quantitative estimate of drug-likeness (QED) is 0.923. The molecule has 0 saturated carbocycles. The Morgan fingerprint density at radius 2 is 2.19 bits per heavy atom. The second-order valence-electron chi connectivity index (χ2n) is 6.28. The smallest absolute Gasteiger partial charge is 0.134 e. The van der Waals surface area contributed by atoms with Gasteiger partial charge in [-0.3, -0.25) is 4.90 Å². The third-order valence-electron chi connectivity index (χ3n) is 4.76. The summed E-state index contributed by atoms with van der Waals surface area (Å²) in [6.07, 6.45) is 2.56.